The van der Waals surface area contributed by atoms with Gasteiger partial charge in [-0.15, -0.1) is 11.3 Å². The van der Waals surface area contributed by atoms with E-state index >= 15 is 0 Å². The van der Waals surface area contributed by atoms with E-state index < -0.39 is 0 Å². The molecule has 2 aromatic rings. The number of pyridine rings is 1. The summed E-state index contributed by atoms with van der Waals surface area (Å²) in [6, 6.07) is 5.02. The summed E-state index contributed by atoms with van der Waals surface area (Å²) in [7, 11) is 0. The van der Waals surface area contributed by atoms with Crippen LogP contribution >= 0.6 is 11.3 Å². The fraction of sp³-hybridized carbons (Fsp3) is 0.652. The highest BCUT2D eigenvalue weighted by Gasteiger charge is 2.27. The van der Waals surface area contributed by atoms with Gasteiger partial charge < -0.3 is 15.1 Å². The van der Waals surface area contributed by atoms with Gasteiger partial charge in [0.2, 0.25) is 5.91 Å². The van der Waals surface area contributed by atoms with Crippen LogP contribution in [0, 0.1) is 12.8 Å². The second-order valence-corrected chi connectivity index (χ2v) is 10.0. The number of hydrogen-bond donors (Lipinski definition) is 1. The number of nitrogens with one attached hydrogen (secondary N) is 1. The molecule has 4 heterocycles. The third kappa shape index (κ3) is 4.92. The second-order valence-electron chi connectivity index (χ2n) is 8.71. The van der Waals surface area contributed by atoms with Gasteiger partial charge in [-0.3, -0.25) is 4.79 Å². The molecule has 2 aromatic heterocycles. The number of hydrogen-bond acceptors (Lipinski definition) is 5. The van der Waals surface area contributed by atoms with Gasteiger partial charge in [0, 0.05) is 53.4 Å². The van der Waals surface area contributed by atoms with E-state index in [2.05, 4.69) is 46.1 Å². The van der Waals surface area contributed by atoms with Gasteiger partial charge in [0.25, 0.3) is 0 Å². The summed E-state index contributed by atoms with van der Waals surface area (Å²) in [5, 5.41) is 4.44. The first-order valence-electron chi connectivity index (χ1n) is 11.2. The zero-order valence-corrected chi connectivity index (χ0v) is 18.6. The lowest BCUT2D eigenvalue weighted by Gasteiger charge is -2.34. The second kappa shape index (κ2) is 9.43. The number of likely N-dealkylation sites (tertiary alicyclic amines) is 1. The van der Waals surface area contributed by atoms with Gasteiger partial charge in [0.15, 0.2) is 0 Å². The van der Waals surface area contributed by atoms with Crippen molar-refractivity contribution >= 4 is 33.1 Å². The van der Waals surface area contributed by atoms with Crippen molar-refractivity contribution < 1.29 is 4.79 Å². The maximum absolute atomic E-state index is 12.8. The number of aromatic nitrogens is 1. The molecule has 2 unspecified atom stereocenters. The highest BCUT2D eigenvalue weighted by molar-refractivity contribution is 7.19. The Hall–Kier alpha value is -1.66. The van der Waals surface area contributed by atoms with Gasteiger partial charge in [-0.25, -0.2) is 4.98 Å². The molecule has 2 aliphatic rings. The van der Waals surface area contributed by atoms with Crippen LogP contribution in [0.1, 0.15) is 50.3 Å². The van der Waals surface area contributed by atoms with E-state index in [4.69, 9.17) is 0 Å². The minimum Gasteiger partial charge on any atom is -0.356 e. The van der Waals surface area contributed by atoms with E-state index in [0.29, 0.717) is 6.04 Å². The van der Waals surface area contributed by atoms with E-state index in [9.17, 15) is 4.79 Å². The van der Waals surface area contributed by atoms with Gasteiger partial charge in [0.1, 0.15) is 5.82 Å². The molecular formula is C23H34N4OS. The summed E-state index contributed by atoms with van der Waals surface area (Å²) in [6.07, 6.45) is 8.96. The number of fused-ring (bicyclic) bond motifs is 1. The first kappa shape index (κ1) is 20.6. The smallest absolute Gasteiger partial charge is 0.224 e. The van der Waals surface area contributed by atoms with Crippen LogP contribution in [0.3, 0.4) is 0 Å². The first-order chi connectivity index (χ1) is 14.1. The quantitative estimate of drug-likeness (QED) is 0.720. The van der Waals surface area contributed by atoms with Crippen LogP contribution in [0.15, 0.2) is 18.3 Å². The van der Waals surface area contributed by atoms with Crippen LogP contribution in [0.5, 0.6) is 0 Å². The molecular weight excluding hydrogens is 380 g/mol. The standard InChI is InChI=1S/C23H34N4OS/c1-17-7-3-4-12-26(17)14-6-10-25-23(28)19-8-5-13-27(16-19)22-20-15-18(2)29-21(20)9-11-24-22/h9,11,15,17,19H,3-8,10,12-14,16H2,1-2H3,(H,25,28). The zero-order valence-electron chi connectivity index (χ0n) is 17.8. The minimum atomic E-state index is 0.0643. The molecule has 158 valence electrons. The van der Waals surface area contributed by atoms with Crippen molar-refractivity contribution in [2.75, 3.05) is 37.6 Å². The minimum absolute atomic E-state index is 0.0643. The molecule has 2 atom stereocenters. The maximum Gasteiger partial charge on any atom is 0.224 e. The van der Waals surface area contributed by atoms with Crippen LogP contribution < -0.4 is 10.2 Å². The maximum atomic E-state index is 12.8. The Morgan fingerprint density at radius 3 is 3.03 bits per heavy atom. The van der Waals surface area contributed by atoms with Gasteiger partial charge >= 0.3 is 0 Å². The summed E-state index contributed by atoms with van der Waals surface area (Å²) < 4.78 is 1.28. The van der Waals surface area contributed by atoms with E-state index in [0.717, 1.165) is 51.3 Å². The highest BCUT2D eigenvalue weighted by Crippen LogP contribution is 2.33. The normalized spacial score (nSPS) is 23.4. The molecule has 1 amide bonds. The summed E-state index contributed by atoms with van der Waals surface area (Å²) >= 11 is 1.81. The molecule has 0 saturated carbocycles. The number of carbonyl (C=O) groups excluding carboxylic acids is 1. The lowest BCUT2D eigenvalue weighted by atomic mass is 9.97. The molecule has 2 fully saturated rings. The third-order valence-corrected chi connectivity index (χ3v) is 7.52. The lowest BCUT2D eigenvalue weighted by Crippen LogP contribution is -2.44. The highest BCUT2D eigenvalue weighted by atomic mass is 32.1. The topological polar surface area (TPSA) is 48.5 Å². The van der Waals surface area contributed by atoms with E-state index in [1.165, 1.54) is 40.8 Å². The molecule has 0 aliphatic carbocycles. The van der Waals surface area contributed by atoms with Gasteiger partial charge in [0.05, 0.1) is 5.92 Å². The summed E-state index contributed by atoms with van der Waals surface area (Å²) in [6.45, 7) is 9.34. The van der Waals surface area contributed by atoms with Gasteiger partial charge in [-0.1, -0.05) is 6.42 Å². The monoisotopic (exact) mass is 414 g/mol. The number of carbonyl (C=O) groups is 1. The van der Waals surface area contributed by atoms with Crippen molar-refractivity contribution in [3.63, 3.8) is 0 Å². The van der Waals surface area contributed by atoms with E-state index in [1.807, 2.05) is 17.5 Å². The molecule has 5 nitrogen and oxygen atoms in total. The SMILES string of the molecule is Cc1cc2c(N3CCCC(C(=O)NCCCN4CCCCC4C)C3)nccc2s1. The predicted molar refractivity (Wildman–Crippen MR) is 122 cm³/mol. The number of thiophene rings is 1. The number of piperidine rings is 2. The van der Waals surface area contributed by atoms with Gasteiger partial charge in [-0.2, -0.15) is 0 Å². The van der Waals surface area contributed by atoms with Crippen molar-refractivity contribution in [2.45, 2.75) is 58.4 Å². The van der Waals surface area contributed by atoms with Crippen LogP contribution in [-0.4, -0.2) is 54.6 Å². The van der Waals surface area contributed by atoms with Crippen LogP contribution in [0.2, 0.25) is 0 Å². The lowest BCUT2D eigenvalue weighted by molar-refractivity contribution is -0.125. The summed E-state index contributed by atoms with van der Waals surface area (Å²) in [5.41, 5.74) is 0. The predicted octanol–water partition coefficient (Wildman–Crippen LogP) is 4.20. The van der Waals surface area contributed by atoms with E-state index in [-0.39, 0.29) is 11.8 Å². The van der Waals surface area contributed by atoms with Crippen LogP contribution in [-0.2, 0) is 4.79 Å². The molecule has 0 bridgehead atoms. The van der Waals surface area contributed by atoms with Crippen molar-refractivity contribution in [1.82, 2.24) is 15.2 Å². The fourth-order valence-corrected chi connectivity index (χ4v) is 5.75. The van der Waals surface area contributed by atoms with Crippen molar-refractivity contribution in [3.05, 3.63) is 23.2 Å². The fourth-order valence-electron chi connectivity index (χ4n) is 4.84. The molecule has 2 aliphatic heterocycles. The van der Waals surface area contributed by atoms with Crippen LogP contribution in [0.25, 0.3) is 10.1 Å². The molecule has 1 N–H and O–H groups in total. The van der Waals surface area contributed by atoms with Crippen molar-refractivity contribution in [3.8, 4) is 0 Å². The number of rotatable bonds is 6. The summed E-state index contributed by atoms with van der Waals surface area (Å²) in [4.78, 5) is 23.7. The Kier molecular flexibility index (Phi) is 6.70. The number of amides is 1. The molecule has 6 heteroatoms. The van der Waals surface area contributed by atoms with E-state index in [1.54, 1.807) is 0 Å². The molecule has 0 spiro atoms. The average molecular weight is 415 g/mol. The van der Waals surface area contributed by atoms with Gasteiger partial charge in [-0.05, 0) is 64.6 Å². The molecule has 0 aromatic carbocycles. The first-order valence-corrected chi connectivity index (χ1v) is 12.1. The Morgan fingerprint density at radius 2 is 2.17 bits per heavy atom. The molecule has 2 saturated heterocycles. The van der Waals surface area contributed by atoms with Crippen molar-refractivity contribution in [2.24, 2.45) is 5.92 Å². The zero-order chi connectivity index (χ0) is 20.2. The summed E-state index contributed by atoms with van der Waals surface area (Å²) in [5.74, 6) is 1.33. The molecule has 0 radical (unpaired) electrons. The largest absolute Gasteiger partial charge is 0.356 e. The molecule has 29 heavy (non-hydrogen) atoms. The third-order valence-electron chi connectivity index (χ3n) is 6.50. The Morgan fingerprint density at radius 1 is 1.28 bits per heavy atom. The molecule has 4 rings (SSSR count). The average Bonchev–Trinajstić information content (AvgIpc) is 3.12. The van der Waals surface area contributed by atoms with Crippen molar-refractivity contribution in [1.29, 1.82) is 0 Å². The van der Waals surface area contributed by atoms with Crippen LogP contribution in [0.4, 0.5) is 5.82 Å². The Labute approximate surface area is 178 Å². The Balaban J connectivity index is 1.29. The Bertz CT molecular complexity index is 835. The number of anilines is 1. The number of nitrogens with zero attached hydrogens (tertiary/aromatic N) is 3. The number of aryl methyl sites for hydroxylation is 1.